The van der Waals surface area contributed by atoms with Crippen molar-refractivity contribution in [3.63, 3.8) is 0 Å². The zero-order valence-corrected chi connectivity index (χ0v) is 21.4. The maximum Gasteiger partial charge on any atom is 0.261 e. The van der Waals surface area contributed by atoms with Crippen molar-refractivity contribution in [1.82, 2.24) is 5.32 Å². The van der Waals surface area contributed by atoms with Gasteiger partial charge in [0, 0.05) is 11.8 Å². The Morgan fingerprint density at radius 1 is 0.833 bits per heavy atom. The van der Waals surface area contributed by atoms with Gasteiger partial charge in [0.15, 0.2) is 5.11 Å². The van der Waals surface area contributed by atoms with E-state index in [-0.39, 0.29) is 15.9 Å². The molecule has 0 aromatic heterocycles. The van der Waals surface area contributed by atoms with Crippen molar-refractivity contribution >= 4 is 61.5 Å². The number of carbonyl (C=O) groups is 1. The van der Waals surface area contributed by atoms with E-state index < -0.39 is 10.0 Å². The minimum absolute atomic E-state index is 0.104. The largest absolute Gasteiger partial charge is 0.332 e. The van der Waals surface area contributed by atoms with Crippen LogP contribution in [0.3, 0.4) is 0 Å². The second kappa shape index (κ2) is 10.7. The quantitative estimate of drug-likeness (QED) is 0.224. The number of fused-ring (bicyclic) bond motifs is 1. The number of sulfonamides is 1. The molecule has 4 aromatic rings. The molecule has 0 saturated carbocycles. The van der Waals surface area contributed by atoms with Gasteiger partial charge in [-0.05, 0) is 83.9 Å². The van der Waals surface area contributed by atoms with E-state index in [1.165, 1.54) is 18.2 Å². The molecule has 36 heavy (non-hydrogen) atoms. The van der Waals surface area contributed by atoms with Gasteiger partial charge in [-0.25, -0.2) is 8.42 Å². The van der Waals surface area contributed by atoms with Crippen molar-refractivity contribution in [3.8, 4) is 0 Å². The predicted molar refractivity (Wildman–Crippen MR) is 151 cm³/mol. The van der Waals surface area contributed by atoms with E-state index >= 15 is 0 Å². The van der Waals surface area contributed by atoms with Gasteiger partial charge < -0.3 is 5.32 Å². The third-order valence-electron chi connectivity index (χ3n) is 5.61. The van der Waals surface area contributed by atoms with Crippen molar-refractivity contribution in [3.05, 3.63) is 108 Å². The first kappa shape index (κ1) is 25.1. The smallest absolute Gasteiger partial charge is 0.261 e. The molecule has 3 N–H and O–H groups in total. The summed E-state index contributed by atoms with van der Waals surface area (Å²) < 4.78 is 28.3. The molecule has 1 amide bonds. The lowest BCUT2D eigenvalue weighted by Gasteiger charge is -2.14. The first-order valence-electron chi connectivity index (χ1n) is 11.2. The average molecular weight is 516 g/mol. The normalized spacial score (nSPS) is 11.4. The third kappa shape index (κ3) is 5.97. The lowest BCUT2D eigenvalue weighted by atomic mass is 10.0. The number of aryl methyl sites for hydroxylation is 2. The molecule has 6 nitrogen and oxygen atoms in total. The number of thiocarbonyl (C=S) groups is 1. The number of anilines is 2. The highest BCUT2D eigenvalue weighted by atomic mass is 32.2. The van der Waals surface area contributed by atoms with Crippen molar-refractivity contribution in [2.24, 2.45) is 0 Å². The molecule has 0 heterocycles. The van der Waals surface area contributed by atoms with Crippen LogP contribution in [0.5, 0.6) is 0 Å². The molecule has 4 aromatic carbocycles. The Hall–Kier alpha value is -4.01. The van der Waals surface area contributed by atoms with Crippen LogP contribution in [-0.4, -0.2) is 19.4 Å². The van der Waals surface area contributed by atoms with Gasteiger partial charge in [0.2, 0.25) is 5.91 Å². The number of para-hydroxylation sites is 1. The fraction of sp³-hybridized carbons (Fsp3) is 0.0714. The van der Waals surface area contributed by atoms with E-state index in [4.69, 9.17) is 12.2 Å². The minimum atomic E-state index is -3.76. The summed E-state index contributed by atoms with van der Waals surface area (Å²) in [5.74, 6) is -0.377. The van der Waals surface area contributed by atoms with E-state index in [9.17, 15) is 13.2 Å². The van der Waals surface area contributed by atoms with Gasteiger partial charge in [-0.15, -0.1) is 0 Å². The van der Waals surface area contributed by atoms with Crippen LogP contribution in [0.1, 0.15) is 16.7 Å². The molecular formula is C28H25N3O3S2. The third-order valence-corrected chi connectivity index (χ3v) is 7.18. The van der Waals surface area contributed by atoms with Crippen molar-refractivity contribution in [2.75, 3.05) is 10.0 Å². The molecule has 8 heteroatoms. The highest BCUT2D eigenvalue weighted by Gasteiger charge is 2.16. The van der Waals surface area contributed by atoms with E-state index in [0.717, 1.165) is 27.5 Å². The van der Waals surface area contributed by atoms with E-state index in [2.05, 4.69) is 15.4 Å². The first-order valence-corrected chi connectivity index (χ1v) is 13.1. The van der Waals surface area contributed by atoms with E-state index in [1.54, 1.807) is 18.2 Å². The van der Waals surface area contributed by atoms with Crippen LogP contribution in [0.2, 0.25) is 0 Å². The van der Waals surface area contributed by atoms with Crippen LogP contribution in [0.25, 0.3) is 16.8 Å². The number of amides is 1. The average Bonchev–Trinajstić information content (AvgIpc) is 2.85. The highest BCUT2D eigenvalue weighted by Crippen LogP contribution is 2.24. The van der Waals surface area contributed by atoms with Crippen LogP contribution in [-0.2, 0) is 14.8 Å². The molecule has 0 aliphatic rings. The zero-order chi connectivity index (χ0) is 25.7. The lowest BCUT2D eigenvalue weighted by molar-refractivity contribution is -0.115. The summed E-state index contributed by atoms with van der Waals surface area (Å²) in [4.78, 5) is 12.5. The van der Waals surface area contributed by atoms with Gasteiger partial charge in [0.1, 0.15) is 0 Å². The Kier molecular flexibility index (Phi) is 7.47. The summed E-state index contributed by atoms with van der Waals surface area (Å²) in [6.07, 6.45) is 3.16. The molecule has 0 aliphatic heterocycles. The fourth-order valence-electron chi connectivity index (χ4n) is 3.76. The summed E-state index contributed by atoms with van der Waals surface area (Å²) in [6, 6.07) is 25.5. The topological polar surface area (TPSA) is 87.3 Å². The number of hydrogen-bond donors (Lipinski definition) is 3. The number of rotatable bonds is 6. The SMILES string of the molecule is Cc1cccc(C)c1NS(=O)(=O)c1ccc(NC(=S)NC(=O)C=Cc2cccc3ccccc23)cc1. The molecular weight excluding hydrogens is 490 g/mol. The molecule has 0 fully saturated rings. The van der Waals surface area contributed by atoms with Crippen LogP contribution < -0.4 is 15.4 Å². The molecule has 0 spiro atoms. The van der Waals surface area contributed by atoms with Gasteiger partial charge in [-0.2, -0.15) is 0 Å². The van der Waals surface area contributed by atoms with Gasteiger partial charge in [0.25, 0.3) is 10.0 Å². The van der Waals surface area contributed by atoms with Gasteiger partial charge in [0.05, 0.1) is 10.6 Å². The summed E-state index contributed by atoms with van der Waals surface area (Å²) in [5.41, 5.74) is 3.72. The number of benzene rings is 4. The predicted octanol–water partition coefficient (Wildman–Crippen LogP) is 5.78. The molecule has 182 valence electrons. The maximum atomic E-state index is 12.8. The molecule has 0 unspecified atom stereocenters. The van der Waals surface area contributed by atoms with Crippen LogP contribution in [0, 0.1) is 13.8 Å². The molecule has 4 rings (SSSR count). The van der Waals surface area contributed by atoms with Gasteiger partial charge in [-0.1, -0.05) is 60.7 Å². The summed E-state index contributed by atoms with van der Waals surface area (Å²) in [5, 5.41) is 7.74. The Bertz CT molecular complexity index is 1550. The zero-order valence-electron chi connectivity index (χ0n) is 19.8. The Morgan fingerprint density at radius 3 is 2.19 bits per heavy atom. The van der Waals surface area contributed by atoms with Crippen molar-refractivity contribution in [1.29, 1.82) is 0 Å². The summed E-state index contributed by atoms with van der Waals surface area (Å²) in [6.45, 7) is 3.70. The molecule has 0 atom stereocenters. The second-order valence-electron chi connectivity index (χ2n) is 8.24. The number of hydrogen-bond acceptors (Lipinski definition) is 4. The van der Waals surface area contributed by atoms with Crippen LogP contribution >= 0.6 is 12.2 Å². The highest BCUT2D eigenvalue weighted by molar-refractivity contribution is 7.92. The standard InChI is InChI=1S/C28H25N3O3S2/c1-19-7-5-8-20(2)27(19)31-36(33,34)24-16-14-23(15-17-24)29-28(35)30-26(32)18-13-22-11-6-10-21-9-3-4-12-25(21)22/h3-18,31H,1-2H3,(H2,29,30,32,35). The minimum Gasteiger partial charge on any atom is -0.332 e. The maximum absolute atomic E-state index is 12.8. The van der Waals surface area contributed by atoms with Crippen LogP contribution in [0.4, 0.5) is 11.4 Å². The Balaban J connectivity index is 1.37. The second-order valence-corrected chi connectivity index (χ2v) is 10.3. The molecule has 0 radical (unpaired) electrons. The number of carbonyl (C=O) groups excluding carboxylic acids is 1. The van der Waals surface area contributed by atoms with E-state index in [1.807, 2.05) is 74.5 Å². The van der Waals surface area contributed by atoms with Gasteiger partial charge in [-0.3, -0.25) is 14.8 Å². The molecule has 0 saturated heterocycles. The van der Waals surface area contributed by atoms with Gasteiger partial charge >= 0.3 is 0 Å². The van der Waals surface area contributed by atoms with Crippen molar-refractivity contribution < 1.29 is 13.2 Å². The monoisotopic (exact) mass is 515 g/mol. The Labute approximate surface area is 216 Å². The molecule has 0 aliphatic carbocycles. The molecule has 0 bridgehead atoms. The van der Waals surface area contributed by atoms with E-state index in [0.29, 0.717) is 11.4 Å². The Morgan fingerprint density at radius 2 is 1.47 bits per heavy atom. The summed E-state index contributed by atoms with van der Waals surface area (Å²) in [7, 11) is -3.76. The van der Waals surface area contributed by atoms with Crippen molar-refractivity contribution in [2.45, 2.75) is 18.7 Å². The fourth-order valence-corrected chi connectivity index (χ4v) is 5.18. The number of nitrogens with one attached hydrogen (secondary N) is 3. The lowest BCUT2D eigenvalue weighted by Crippen LogP contribution is -2.32. The summed E-state index contributed by atoms with van der Waals surface area (Å²) >= 11 is 5.23. The van der Waals surface area contributed by atoms with Crippen LogP contribution in [0.15, 0.2) is 95.9 Å². The first-order chi connectivity index (χ1) is 17.2.